The van der Waals surface area contributed by atoms with Gasteiger partial charge < -0.3 is 10.1 Å². The third-order valence-corrected chi connectivity index (χ3v) is 5.00. The lowest BCUT2D eigenvalue weighted by molar-refractivity contribution is -0.120. The largest absolute Gasteiger partial charge is 0.495 e. The molecule has 0 saturated carbocycles. The highest BCUT2D eigenvalue weighted by Crippen LogP contribution is 2.36. The first-order valence-corrected chi connectivity index (χ1v) is 9.07. The minimum Gasteiger partial charge on any atom is -0.495 e. The average molecular weight is 393 g/mol. The van der Waals surface area contributed by atoms with Crippen LogP contribution in [0.4, 0.5) is 11.4 Å². The Bertz CT molecular complexity index is 1150. The Morgan fingerprint density at radius 2 is 1.71 bits per heavy atom. The Morgan fingerprint density at radius 1 is 0.964 bits per heavy atom. The molecule has 0 bridgehead atoms. The number of imide groups is 1. The molecule has 0 atom stereocenters. The predicted molar refractivity (Wildman–Crippen MR) is 111 cm³/mol. The molecule has 28 heavy (non-hydrogen) atoms. The SMILES string of the molecule is COc1ccc(C)cc1NC1=C(Cl)C(=O)N(c2cccc3ccccc23)C1=O. The van der Waals surface area contributed by atoms with E-state index in [0.29, 0.717) is 17.1 Å². The first-order valence-electron chi connectivity index (χ1n) is 8.69. The van der Waals surface area contributed by atoms with Crippen LogP contribution in [0.2, 0.25) is 0 Å². The van der Waals surface area contributed by atoms with Crippen molar-refractivity contribution in [1.82, 2.24) is 0 Å². The maximum Gasteiger partial charge on any atom is 0.283 e. The van der Waals surface area contributed by atoms with Crippen LogP contribution in [0, 0.1) is 6.92 Å². The maximum absolute atomic E-state index is 13.1. The second-order valence-corrected chi connectivity index (χ2v) is 6.84. The van der Waals surface area contributed by atoms with Gasteiger partial charge in [-0.3, -0.25) is 9.59 Å². The number of fused-ring (bicyclic) bond motifs is 1. The maximum atomic E-state index is 13.1. The molecule has 140 valence electrons. The Morgan fingerprint density at radius 3 is 2.50 bits per heavy atom. The van der Waals surface area contributed by atoms with Crippen molar-refractivity contribution in [2.45, 2.75) is 6.92 Å². The van der Waals surface area contributed by atoms with Crippen molar-refractivity contribution >= 4 is 45.6 Å². The molecule has 0 aromatic heterocycles. The number of methoxy groups -OCH3 is 1. The normalized spacial score (nSPS) is 14.2. The lowest BCUT2D eigenvalue weighted by atomic mass is 10.1. The lowest BCUT2D eigenvalue weighted by Gasteiger charge is -2.18. The number of nitrogens with one attached hydrogen (secondary N) is 1. The first-order chi connectivity index (χ1) is 13.5. The fourth-order valence-electron chi connectivity index (χ4n) is 3.29. The third kappa shape index (κ3) is 2.90. The Balaban J connectivity index is 1.75. The molecule has 0 radical (unpaired) electrons. The molecule has 3 aromatic carbocycles. The molecule has 0 spiro atoms. The minimum atomic E-state index is -0.558. The number of carbonyl (C=O) groups excluding carboxylic acids is 2. The van der Waals surface area contributed by atoms with Gasteiger partial charge in [0, 0.05) is 5.39 Å². The van der Waals surface area contributed by atoms with Crippen LogP contribution in [0.3, 0.4) is 0 Å². The number of benzene rings is 3. The summed E-state index contributed by atoms with van der Waals surface area (Å²) in [6.07, 6.45) is 0. The lowest BCUT2D eigenvalue weighted by Crippen LogP contribution is -2.32. The number of carbonyl (C=O) groups is 2. The number of aryl methyl sites for hydroxylation is 1. The summed E-state index contributed by atoms with van der Waals surface area (Å²) in [6, 6.07) is 18.5. The van der Waals surface area contributed by atoms with Gasteiger partial charge in [0.1, 0.15) is 16.5 Å². The molecule has 5 nitrogen and oxygen atoms in total. The molecule has 2 amide bonds. The van der Waals surface area contributed by atoms with Crippen molar-refractivity contribution < 1.29 is 14.3 Å². The van der Waals surface area contributed by atoms with E-state index in [1.807, 2.05) is 49.4 Å². The second kappa shape index (κ2) is 7.02. The van der Waals surface area contributed by atoms with E-state index in [1.54, 1.807) is 18.2 Å². The van der Waals surface area contributed by atoms with Crippen LogP contribution in [0.15, 0.2) is 71.4 Å². The van der Waals surface area contributed by atoms with Crippen LogP contribution in [0.1, 0.15) is 5.56 Å². The van der Waals surface area contributed by atoms with Gasteiger partial charge in [0.2, 0.25) is 0 Å². The number of halogens is 1. The van der Waals surface area contributed by atoms with Gasteiger partial charge in [-0.15, -0.1) is 0 Å². The van der Waals surface area contributed by atoms with E-state index in [2.05, 4.69) is 5.32 Å². The van der Waals surface area contributed by atoms with E-state index in [0.717, 1.165) is 21.2 Å². The molecule has 0 unspecified atom stereocenters. The zero-order valence-corrected chi connectivity index (χ0v) is 16.1. The van der Waals surface area contributed by atoms with Gasteiger partial charge in [-0.1, -0.05) is 54.1 Å². The third-order valence-electron chi connectivity index (χ3n) is 4.65. The van der Waals surface area contributed by atoms with Gasteiger partial charge >= 0.3 is 0 Å². The summed E-state index contributed by atoms with van der Waals surface area (Å²) in [5.74, 6) is -0.515. The molecule has 1 N–H and O–H groups in total. The Hall–Kier alpha value is -3.31. The molecule has 4 rings (SSSR count). The number of nitrogens with zero attached hydrogens (tertiary/aromatic N) is 1. The van der Waals surface area contributed by atoms with Crippen LogP contribution in [0.5, 0.6) is 5.75 Å². The Labute approximate surface area is 167 Å². The summed E-state index contributed by atoms with van der Waals surface area (Å²) >= 11 is 6.27. The summed E-state index contributed by atoms with van der Waals surface area (Å²) in [7, 11) is 1.54. The van der Waals surface area contributed by atoms with E-state index >= 15 is 0 Å². The van der Waals surface area contributed by atoms with Crippen LogP contribution < -0.4 is 15.0 Å². The topological polar surface area (TPSA) is 58.6 Å². The number of hydrogen-bond acceptors (Lipinski definition) is 4. The van der Waals surface area contributed by atoms with Crippen LogP contribution in [-0.2, 0) is 9.59 Å². The molecule has 1 heterocycles. The van der Waals surface area contributed by atoms with E-state index in [4.69, 9.17) is 16.3 Å². The van der Waals surface area contributed by atoms with Crippen molar-refractivity contribution in [1.29, 1.82) is 0 Å². The fourth-order valence-corrected chi connectivity index (χ4v) is 3.50. The van der Waals surface area contributed by atoms with Crippen molar-refractivity contribution in [3.05, 3.63) is 77.0 Å². The molecule has 6 heteroatoms. The van der Waals surface area contributed by atoms with E-state index < -0.39 is 11.8 Å². The van der Waals surface area contributed by atoms with Crippen LogP contribution in [0.25, 0.3) is 10.8 Å². The summed E-state index contributed by atoms with van der Waals surface area (Å²) in [5.41, 5.74) is 2.07. The average Bonchev–Trinajstić information content (AvgIpc) is 2.91. The molecule has 1 aliphatic heterocycles. The molecule has 0 aliphatic carbocycles. The number of rotatable bonds is 4. The monoisotopic (exact) mass is 392 g/mol. The summed E-state index contributed by atoms with van der Waals surface area (Å²) in [4.78, 5) is 27.1. The summed E-state index contributed by atoms with van der Waals surface area (Å²) in [5, 5.41) is 4.56. The number of ether oxygens (including phenoxy) is 1. The number of hydrogen-bond donors (Lipinski definition) is 1. The molecule has 0 fully saturated rings. The number of amides is 2. The van der Waals surface area contributed by atoms with Crippen molar-refractivity contribution in [2.24, 2.45) is 0 Å². The quantitative estimate of drug-likeness (QED) is 0.659. The van der Waals surface area contributed by atoms with Crippen molar-refractivity contribution in [2.75, 3.05) is 17.3 Å². The standard InChI is InChI=1S/C22H17ClN2O3/c1-13-10-11-18(28-2)16(12-13)24-20-19(23)21(26)25(22(20)27)17-9-5-7-14-6-3-4-8-15(14)17/h3-12,24H,1-2H3. The van der Waals surface area contributed by atoms with Gasteiger partial charge in [-0.25, -0.2) is 4.90 Å². The van der Waals surface area contributed by atoms with Gasteiger partial charge in [-0.05, 0) is 36.1 Å². The predicted octanol–water partition coefficient (Wildman–Crippen LogP) is 4.59. The highest BCUT2D eigenvalue weighted by Gasteiger charge is 2.39. The van der Waals surface area contributed by atoms with Crippen LogP contribution in [-0.4, -0.2) is 18.9 Å². The van der Waals surface area contributed by atoms with Gasteiger partial charge in [0.05, 0.1) is 18.5 Å². The minimum absolute atomic E-state index is 0.0310. The van der Waals surface area contributed by atoms with E-state index in [1.165, 1.54) is 7.11 Å². The Kier molecular flexibility index (Phi) is 4.53. The van der Waals surface area contributed by atoms with Gasteiger partial charge in [0.25, 0.3) is 11.8 Å². The highest BCUT2D eigenvalue weighted by molar-refractivity contribution is 6.53. The van der Waals surface area contributed by atoms with E-state index in [9.17, 15) is 9.59 Å². The zero-order chi connectivity index (χ0) is 19.8. The first kappa shape index (κ1) is 18.1. The van der Waals surface area contributed by atoms with Gasteiger partial charge in [-0.2, -0.15) is 0 Å². The second-order valence-electron chi connectivity index (χ2n) is 6.46. The molecule has 3 aromatic rings. The summed E-state index contributed by atoms with van der Waals surface area (Å²) in [6.45, 7) is 1.92. The van der Waals surface area contributed by atoms with E-state index in [-0.39, 0.29) is 10.7 Å². The number of anilines is 2. The smallest absolute Gasteiger partial charge is 0.283 e. The van der Waals surface area contributed by atoms with Crippen LogP contribution >= 0.6 is 11.6 Å². The van der Waals surface area contributed by atoms with Crippen molar-refractivity contribution in [3.8, 4) is 5.75 Å². The molecule has 0 saturated heterocycles. The molecule has 1 aliphatic rings. The summed E-state index contributed by atoms with van der Waals surface area (Å²) < 4.78 is 5.34. The molecular weight excluding hydrogens is 376 g/mol. The molecular formula is C22H17ClN2O3. The zero-order valence-electron chi connectivity index (χ0n) is 15.3. The van der Waals surface area contributed by atoms with Gasteiger partial charge in [0.15, 0.2) is 0 Å². The fraction of sp³-hybridized carbons (Fsp3) is 0.0909. The highest BCUT2D eigenvalue weighted by atomic mass is 35.5. The van der Waals surface area contributed by atoms with Crippen molar-refractivity contribution in [3.63, 3.8) is 0 Å².